The third-order valence-electron chi connectivity index (χ3n) is 5.76. The Kier molecular flexibility index (Phi) is 6.86. The quantitative estimate of drug-likeness (QED) is 0.362. The lowest BCUT2D eigenvalue weighted by Gasteiger charge is -2.29. The zero-order valence-electron chi connectivity index (χ0n) is 17.4. The van der Waals surface area contributed by atoms with Crippen LogP contribution in [-0.2, 0) is 18.0 Å². The van der Waals surface area contributed by atoms with E-state index >= 15 is 0 Å². The van der Waals surface area contributed by atoms with E-state index in [1.165, 1.54) is 17.7 Å². The van der Waals surface area contributed by atoms with Gasteiger partial charge in [0.05, 0.1) is 5.56 Å². The third-order valence-corrected chi connectivity index (χ3v) is 5.76. The zero-order valence-corrected chi connectivity index (χ0v) is 17.4. The van der Waals surface area contributed by atoms with Gasteiger partial charge in [-0.25, -0.2) is 0 Å². The number of para-hydroxylation sites is 1. The van der Waals surface area contributed by atoms with Gasteiger partial charge in [-0.15, -0.1) is 0 Å². The molecule has 1 nitrogen and oxygen atoms in total. The Hall–Kier alpha value is -2.75. The molecule has 0 saturated heterocycles. The Labute approximate surface area is 176 Å². The second kappa shape index (κ2) is 9.38. The smallest absolute Gasteiger partial charge is 0.416 e. The van der Waals surface area contributed by atoms with Gasteiger partial charge >= 0.3 is 6.18 Å². The van der Waals surface area contributed by atoms with Gasteiger partial charge in [0.2, 0.25) is 0 Å². The van der Waals surface area contributed by atoms with Gasteiger partial charge in [0.15, 0.2) is 0 Å². The van der Waals surface area contributed by atoms with Crippen LogP contribution < -0.4 is 4.74 Å². The summed E-state index contributed by atoms with van der Waals surface area (Å²) in [5.41, 5.74) is 1.40. The van der Waals surface area contributed by atoms with E-state index in [4.69, 9.17) is 4.74 Å². The van der Waals surface area contributed by atoms with Gasteiger partial charge < -0.3 is 4.74 Å². The van der Waals surface area contributed by atoms with Crippen molar-refractivity contribution in [2.24, 2.45) is 0 Å². The van der Waals surface area contributed by atoms with E-state index in [-0.39, 0.29) is 5.41 Å². The van der Waals surface area contributed by atoms with Crippen LogP contribution >= 0.6 is 0 Å². The molecule has 30 heavy (non-hydrogen) atoms. The molecule has 0 aliphatic carbocycles. The van der Waals surface area contributed by atoms with Crippen LogP contribution in [0.2, 0.25) is 0 Å². The van der Waals surface area contributed by atoms with Crippen LogP contribution in [0, 0.1) is 0 Å². The monoisotopic (exact) mass is 412 g/mol. The normalized spacial score (nSPS) is 13.6. The molecule has 0 N–H and O–H groups in total. The molecule has 1 atom stereocenters. The third kappa shape index (κ3) is 5.65. The highest BCUT2D eigenvalue weighted by molar-refractivity contribution is 5.34. The van der Waals surface area contributed by atoms with Gasteiger partial charge in [-0.1, -0.05) is 56.3 Å². The van der Waals surface area contributed by atoms with Crippen molar-refractivity contribution in [3.8, 4) is 11.5 Å². The average molecular weight is 412 g/mol. The predicted molar refractivity (Wildman–Crippen MR) is 115 cm³/mol. The SMILES string of the molecule is CCC(C)(CCCc1cccc(Oc2ccccc2)c1)c1ccc(C(F)(F)F)cc1. The fraction of sp³-hybridized carbons (Fsp3) is 0.308. The highest BCUT2D eigenvalue weighted by Gasteiger charge is 2.31. The molecule has 3 rings (SSSR count). The molecule has 0 aromatic heterocycles. The fourth-order valence-electron chi connectivity index (χ4n) is 3.66. The maximum atomic E-state index is 12.8. The van der Waals surface area contributed by atoms with Gasteiger partial charge in [0, 0.05) is 0 Å². The second-order valence-corrected chi connectivity index (χ2v) is 7.91. The van der Waals surface area contributed by atoms with Crippen LogP contribution in [0.4, 0.5) is 13.2 Å². The lowest BCUT2D eigenvalue weighted by Crippen LogP contribution is -2.21. The van der Waals surface area contributed by atoms with Crippen LogP contribution in [0.1, 0.15) is 49.8 Å². The molecule has 0 amide bonds. The molecular formula is C26H27F3O. The topological polar surface area (TPSA) is 9.23 Å². The number of hydrogen-bond acceptors (Lipinski definition) is 1. The van der Waals surface area contributed by atoms with Crippen LogP contribution in [0.3, 0.4) is 0 Å². The van der Waals surface area contributed by atoms with Crippen molar-refractivity contribution in [2.45, 2.75) is 51.1 Å². The minimum absolute atomic E-state index is 0.151. The minimum Gasteiger partial charge on any atom is -0.457 e. The first-order chi connectivity index (χ1) is 14.3. The molecule has 1 unspecified atom stereocenters. The zero-order chi connectivity index (χ0) is 21.6. The first kappa shape index (κ1) is 21.9. The van der Waals surface area contributed by atoms with Gasteiger partial charge in [0.25, 0.3) is 0 Å². The summed E-state index contributed by atoms with van der Waals surface area (Å²) in [5, 5.41) is 0. The maximum Gasteiger partial charge on any atom is 0.416 e. The van der Waals surface area contributed by atoms with Crippen molar-refractivity contribution in [2.75, 3.05) is 0 Å². The van der Waals surface area contributed by atoms with Crippen molar-refractivity contribution in [1.29, 1.82) is 0 Å². The lowest BCUT2D eigenvalue weighted by atomic mass is 9.75. The van der Waals surface area contributed by atoms with E-state index in [2.05, 4.69) is 26.0 Å². The number of rotatable bonds is 8. The van der Waals surface area contributed by atoms with Crippen molar-refractivity contribution >= 4 is 0 Å². The minimum atomic E-state index is -4.30. The van der Waals surface area contributed by atoms with E-state index in [9.17, 15) is 13.2 Å². The maximum absolute atomic E-state index is 12.8. The van der Waals surface area contributed by atoms with Crippen LogP contribution in [0.15, 0.2) is 78.9 Å². The number of aryl methyl sites for hydroxylation is 1. The molecule has 3 aromatic carbocycles. The van der Waals surface area contributed by atoms with Crippen LogP contribution in [0.5, 0.6) is 11.5 Å². The summed E-state index contributed by atoms with van der Waals surface area (Å²) < 4.78 is 44.4. The van der Waals surface area contributed by atoms with E-state index < -0.39 is 11.7 Å². The molecule has 0 bridgehead atoms. The van der Waals surface area contributed by atoms with E-state index in [0.29, 0.717) is 0 Å². The van der Waals surface area contributed by atoms with Crippen molar-refractivity contribution < 1.29 is 17.9 Å². The first-order valence-corrected chi connectivity index (χ1v) is 10.3. The van der Waals surface area contributed by atoms with Crippen molar-refractivity contribution in [3.63, 3.8) is 0 Å². The Morgan fingerprint density at radius 3 is 2.03 bits per heavy atom. The molecule has 0 saturated carbocycles. The first-order valence-electron chi connectivity index (χ1n) is 10.3. The number of halogens is 3. The molecule has 158 valence electrons. The Morgan fingerprint density at radius 1 is 0.767 bits per heavy atom. The molecule has 4 heteroatoms. The summed E-state index contributed by atoms with van der Waals surface area (Å²) in [6.45, 7) is 4.22. The largest absolute Gasteiger partial charge is 0.457 e. The summed E-state index contributed by atoms with van der Waals surface area (Å²) >= 11 is 0. The molecule has 0 aliphatic rings. The molecular weight excluding hydrogens is 385 g/mol. The summed E-state index contributed by atoms with van der Waals surface area (Å²) in [4.78, 5) is 0. The number of benzene rings is 3. The van der Waals surface area contributed by atoms with Crippen molar-refractivity contribution in [1.82, 2.24) is 0 Å². The summed E-state index contributed by atoms with van der Waals surface area (Å²) in [7, 11) is 0. The van der Waals surface area contributed by atoms with Gasteiger partial charge in [-0.05, 0) is 78.6 Å². The van der Waals surface area contributed by atoms with Gasteiger partial charge in [-0.3, -0.25) is 0 Å². The van der Waals surface area contributed by atoms with E-state index in [1.807, 2.05) is 42.5 Å². The molecule has 0 radical (unpaired) electrons. The van der Waals surface area contributed by atoms with E-state index in [1.54, 1.807) is 12.1 Å². The summed E-state index contributed by atoms with van der Waals surface area (Å²) in [6.07, 6.45) is -0.690. The standard InChI is InChI=1S/C26H27F3O/c1-3-25(2,21-14-16-22(17-15-21)26(27,28)29)18-8-10-20-9-7-13-24(19-20)30-23-11-5-4-6-12-23/h4-7,9,11-17,19H,3,8,10,18H2,1-2H3. The average Bonchev–Trinajstić information content (AvgIpc) is 2.74. The Morgan fingerprint density at radius 2 is 1.40 bits per heavy atom. The Balaban J connectivity index is 1.62. The molecule has 0 fully saturated rings. The second-order valence-electron chi connectivity index (χ2n) is 7.91. The predicted octanol–water partition coefficient (Wildman–Crippen LogP) is 8.19. The highest BCUT2D eigenvalue weighted by atomic mass is 19.4. The number of alkyl halides is 3. The fourth-order valence-corrected chi connectivity index (χ4v) is 3.66. The summed E-state index contributed by atoms with van der Waals surface area (Å²) in [5.74, 6) is 1.61. The van der Waals surface area contributed by atoms with Crippen LogP contribution in [0.25, 0.3) is 0 Å². The van der Waals surface area contributed by atoms with Crippen LogP contribution in [-0.4, -0.2) is 0 Å². The molecule has 0 spiro atoms. The molecule has 0 aliphatic heterocycles. The van der Waals surface area contributed by atoms with Gasteiger partial charge in [-0.2, -0.15) is 13.2 Å². The van der Waals surface area contributed by atoms with E-state index in [0.717, 1.165) is 42.7 Å². The molecule has 0 heterocycles. The van der Waals surface area contributed by atoms with Crippen molar-refractivity contribution in [3.05, 3.63) is 95.6 Å². The molecule has 3 aromatic rings. The highest BCUT2D eigenvalue weighted by Crippen LogP contribution is 2.36. The Bertz CT molecular complexity index is 932. The number of ether oxygens (including phenoxy) is 1. The van der Waals surface area contributed by atoms with Gasteiger partial charge in [0.1, 0.15) is 11.5 Å². The lowest BCUT2D eigenvalue weighted by molar-refractivity contribution is -0.137. The number of hydrogen-bond donors (Lipinski definition) is 0. The summed E-state index contributed by atoms with van der Waals surface area (Å²) in [6, 6.07) is 23.4.